The number of ether oxygens (including phenoxy) is 1. The molecule has 0 aliphatic heterocycles. The van der Waals surface area contributed by atoms with Gasteiger partial charge < -0.3 is 10.1 Å². The molecule has 0 saturated heterocycles. The molecule has 1 aromatic rings. The minimum Gasteiger partial charge on any atom is -0.486 e. The highest BCUT2D eigenvalue weighted by Gasteiger charge is 2.09. The van der Waals surface area contributed by atoms with E-state index in [9.17, 15) is 4.39 Å². The van der Waals surface area contributed by atoms with Gasteiger partial charge in [0.25, 0.3) is 0 Å². The number of hydrogen-bond acceptors (Lipinski definition) is 2. The van der Waals surface area contributed by atoms with E-state index in [1.165, 1.54) is 6.07 Å². The van der Waals surface area contributed by atoms with Crippen LogP contribution in [0.4, 0.5) is 4.39 Å². The molecule has 0 aliphatic rings. The second-order valence-electron chi connectivity index (χ2n) is 3.90. The maximum atomic E-state index is 13.6. The first-order chi connectivity index (χ1) is 8.19. The Kier molecular flexibility index (Phi) is 5.70. The molecule has 1 aromatic carbocycles. The molecule has 0 heterocycles. The lowest BCUT2D eigenvalue weighted by Crippen LogP contribution is -2.14. The maximum absolute atomic E-state index is 13.6. The van der Waals surface area contributed by atoms with E-state index in [0.29, 0.717) is 18.9 Å². The fraction of sp³-hybridized carbons (Fsp3) is 0.429. The predicted molar refractivity (Wildman–Crippen MR) is 68.7 cm³/mol. The molecule has 0 spiro atoms. The molecule has 0 amide bonds. The molecule has 0 aromatic heterocycles. The summed E-state index contributed by atoms with van der Waals surface area (Å²) in [6.07, 6.45) is 0.844. The van der Waals surface area contributed by atoms with Crippen LogP contribution in [0.2, 0.25) is 0 Å². The third-order valence-corrected chi connectivity index (χ3v) is 2.53. The molecule has 2 nitrogen and oxygen atoms in total. The minimum absolute atomic E-state index is 0.315. The maximum Gasteiger partial charge on any atom is 0.165 e. The first-order valence-electron chi connectivity index (χ1n) is 5.96. The van der Waals surface area contributed by atoms with Crippen molar-refractivity contribution >= 4 is 0 Å². The van der Waals surface area contributed by atoms with Gasteiger partial charge in [0, 0.05) is 12.1 Å². The van der Waals surface area contributed by atoms with Crippen molar-refractivity contribution in [2.24, 2.45) is 0 Å². The van der Waals surface area contributed by atoms with Crippen molar-refractivity contribution in [1.29, 1.82) is 0 Å². The summed E-state index contributed by atoms with van der Waals surface area (Å²) in [7, 11) is 0. The first kappa shape index (κ1) is 13.7. The Labute approximate surface area is 102 Å². The van der Waals surface area contributed by atoms with E-state index in [-0.39, 0.29) is 5.82 Å². The normalized spacial score (nSPS) is 10.3. The van der Waals surface area contributed by atoms with Crippen LogP contribution >= 0.6 is 0 Å². The first-order valence-corrected chi connectivity index (χ1v) is 5.96. The average Bonchev–Trinajstić information content (AvgIpc) is 2.34. The molecule has 3 heteroatoms. The van der Waals surface area contributed by atoms with E-state index < -0.39 is 0 Å². The van der Waals surface area contributed by atoms with Crippen molar-refractivity contribution in [2.45, 2.75) is 26.8 Å². The van der Waals surface area contributed by atoms with Gasteiger partial charge in [-0.3, -0.25) is 0 Å². The van der Waals surface area contributed by atoms with Crippen molar-refractivity contribution in [2.75, 3.05) is 13.2 Å². The Hall–Kier alpha value is -1.35. The molecule has 17 heavy (non-hydrogen) atoms. The number of halogens is 1. The molecule has 0 atom stereocenters. The standard InChI is InChI=1S/C14H20FNO/c1-4-11(3)10-17-14-12(9-16-5-2)7-6-8-13(14)15/h6-8,16H,3-5,9-10H2,1-2H3. The second-order valence-corrected chi connectivity index (χ2v) is 3.90. The van der Waals surface area contributed by atoms with Gasteiger partial charge in [-0.25, -0.2) is 4.39 Å². The monoisotopic (exact) mass is 237 g/mol. The van der Waals surface area contributed by atoms with Crippen LogP contribution in [0.1, 0.15) is 25.8 Å². The molecule has 0 fully saturated rings. The summed E-state index contributed by atoms with van der Waals surface area (Å²) >= 11 is 0. The second kappa shape index (κ2) is 7.07. The highest BCUT2D eigenvalue weighted by molar-refractivity contribution is 5.35. The van der Waals surface area contributed by atoms with Gasteiger partial charge in [-0.2, -0.15) is 0 Å². The van der Waals surface area contributed by atoms with E-state index in [2.05, 4.69) is 11.9 Å². The zero-order valence-corrected chi connectivity index (χ0v) is 10.6. The fourth-order valence-electron chi connectivity index (χ4n) is 1.39. The van der Waals surface area contributed by atoms with Crippen molar-refractivity contribution in [3.05, 3.63) is 41.7 Å². The van der Waals surface area contributed by atoms with Gasteiger partial charge in [0.05, 0.1) is 0 Å². The Morgan fingerprint density at radius 2 is 2.18 bits per heavy atom. The molecule has 0 aliphatic carbocycles. The quantitative estimate of drug-likeness (QED) is 0.735. The van der Waals surface area contributed by atoms with Gasteiger partial charge >= 0.3 is 0 Å². The summed E-state index contributed by atoms with van der Waals surface area (Å²) in [5, 5.41) is 3.16. The van der Waals surface area contributed by atoms with E-state index >= 15 is 0 Å². The lowest BCUT2D eigenvalue weighted by molar-refractivity contribution is 0.325. The van der Waals surface area contributed by atoms with E-state index in [0.717, 1.165) is 24.1 Å². The molecule has 94 valence electrons. The third-order valence-electron chi connectivity index (χ3n) is 2.53. The van der Waals surface area contributed by atoms with E-state index in [4.69, 9.17) is 4.74 Å². The van der Waals surface area contributed by atoms with Crippen molar-refractivity contribution < 1.29 is 9.13 Å². The van der Waals surface area contributed by atoms with Crippen LogP contribution in [0.3, 0.4) is 0 Å². The fourth-order valence-corrected chi connectivity index (χ4v) is 1.39. The van der Waals surface area contributed by atoms with Crippen molar-refractivity contribution in [1.82, 2.24) is 5.32 Å². The summed E-state index contributed by atoms with van der Waals surface area (Å²) < 4.78 is 19.2. The molecule has 1 rings (SSSR count). The summed E-state index contributed by atoms with van der Waals surface area (Å²) in [5.74, 6) is 0.0207. The zero-order valence-electron chi connectivity index (χ0n) is 10.6. The number of hydrogen-bond donors (Lipinski definition) is 1. The number of rotatable bonds is 7. The summed E-state index contributed by atoms with van der Waals surface area (Å²) in [6.45, 7) is 9.70. The molecular formula is C14H20FNO. The van der Waals surface area contributed by atoms with Crippen LogP contribution in [0.25, 0.3) is 0 Å². The Morgan fingerprint density at radius 1 is 1.41 bits per heavy atom. The summed E-state index contributed by atoms with van der Waals surface area (Å²) in [6, 6.07) is 4.98. The van der Waals surface area contributed by atoms with Crippen molar-refractivity contribution in [3.63, 3.8) is 0 Å². The Balaban J connectivity index is 2.76. The van der Waals surface area contributed by atoms with Gasteiger partial charge in [0.1, 0.15) is 6.61 Å². The van der Waals surface area contributed by atoms with Gasteiger partial charge in [-0.15, -0.1) is 0 Å². The smallest absolute Gasteiger partial charge is 0.165 e. The SMILES string of the molecule is C=C(CC)COc1c(F)cccc1CNCC. The summed E-state index contributed by atoms with van der Waals surface area (Å²) in [5.41, 5.74) is 1.80. The van der Waals surface area contributed by atoms with Crippen LogP contribution in [0.15, 0.2) is 30.4 Å². The summed E-state index contributed by atoms with van der Waals surface area (Å²) in [4.78, 5) is 0. The van der Waals surface area contributed by atoms with E-state index in [1.54, 1.807) is 6.07 Å². The predicted octanol–water partition coefficient (Wildman–Crippen LogP) is 3.28. The third kappa shape index (κ3) is 4.19. The molecule has 0 radical (unpaired) electrons. The molecule has 0 bridgehead atoms. The van der Waals surface area contributed by atoms with Crippen LogP contribution < -0.4 is 10.1 Å². The Bertz CT molecular complexity index is 376. The van der Waals surface area contributed by atoms with Crippen molar-refractivity contribution in [3.8, 4) is 5.75 Å². The minimum atomic E-state index is -0.315. The largest absolute Gasteiger partial charge is 0.486 e. The lowest BCUT2D eigenvalue weighted by Gasteiger charge is -2.13. The van der Waals surface area contributed by atoms with Gasteiger partial charge in [0.2, 0.25) is 0 Å². The topological polar surface area (TPSA) is 21.3 Å². The van der Waals surface area contributed by atoms with Gasteiger partial charge in [-0.05, 0) is 24.6 Å². The van der Waals surface area contributed by atoms with E-state index in [1.807, 2.05) is 19.9 Å². The molecule has 0 saturated carbocycles. The Morgan fingerprint density at radius 3 is 2.82 bits per heavy atom. The average molecular weight is 237 g/mol. The molecule has 0 unspecified atom stereocenters. The van der Waals surface area contributed by atoms with Crippen LogP contribution in [-0.4, -0.2) is 13.2 Å². The number of nitrogens with one attached hydrogen (secondary N) is 1. The highest BCUT2D eigenvalue weighted by Crippen LogP contribution is 2.23. The molecule has 1 N–H and O–H groups in total. The number of para-hydroxylation sites is 1. The van der Waals surface area contributed by atoms with Crippen LogP contribution in [-0.2, 0) is 6.54 Å². The van der Waals surface area contributed by atoms with Gasteiger partial charge in [-0.1, -0.05) is 32.6 Å². The molecular weight excluding hydrogens is 217 g/mol. The highest BCUT2D eigenvalue weighted by atomic mass is 19.1. The lowest BCUT2D eigenvalue weighted by atomic mass is 10.2. The van der Waals surface area contributed by atoms with Gasteiger partial charge in [0.15, 0.2) is 11.6 Å². The van der Waals surface area contributed by atoms with Crippen LogP contribution in [0.5, 0.6) is 5.75 Å². The zero-order chi connectivity index (χ0) is 12.7. The number of benzene rings is 1. The van der Waals surface area contributed by atoms with Crippen LogP contribution in [0, 0.1) is 5.82 Å².